The first-order chi connectivity index (χ1) is 12.2. The summed E-state index contributed by atoms with van der Waals surface area (Å²) >= 11 is 0. The van der Waals surface area contributed by atoms with Gasteiger partial charge in [-0.2, -0.15) is 5.26 Å². The fraction of sp³-hybridized carbons (Fsp3) is 0.167. The Balaban J connectivity index is 1.78. The van der Waals surface area contributed by atoms with Crippen molar-refractivity contribution in [3.8, 4) is 17.5 Å². The zero-order chi connectivity index (χ0) is 17.6. The smallest absolute Gasteiger partial charge is 0.245 e. The molecule has 0 saturated carbocycles. The fourth-order valence-electron chi connectivity index (χ4n) is 2.46. The lowest BCUT2D eigenvalue weighted by Crippen LogP contribution is -2.29. The average molecular weight is 332 g/mol. The van der Waals surface area contributed by atoms with E-state index in [9.17, 15) is 10.1 Å². The highest BCUT2D eigenvalue weighted by Crippen LogP contribution is 2.21. The summed E-state index contributed by atoms with van der Waals surface area (Å²) in [5.74, 6) is -0.533. The summed E-state index contributed by atoms with van der Waals surface area (Å²) in [4.78, 5) is 16.4. The number of rotatable bonds is 5. The van der Waals surface area contributed by atoms with Crippen molar-refractivity contribution in [2.24, 2.45) is 7.05 Å². The Hall–Kier alpha value is -3.53. The number of carbonyl (C=O) groups is 1. The molecule has 0 aliphatic heterocycles. The number of amides is 1. The molecule has 0 fully saturated rings. The van der Waals surface area contributed by atoms with E-state index in [1.807, 2.05) is 42.5 Å². The molecule has 7 heteroatoms. The van der Waals surface area contributed by atoms with Crippen LogP contribution in [0.5, 0.6) is 0 Å². The monoisotopic (exact) mass is 332 g/mol. The van der Waals surface area contributed by atoms with E-state index < -0.39 is 11.8 Å². The highest BCUT2D eigenvalue weighted by atomic mass is 16.1. The zero-order valence-corrected chi connectivity index (χ0v) is 13.6. The largest absolute Gasteiger partial charge is 0.350 e. The van der Waals surface area contributed by atoms with E-state index in [-0.39, 0.29) is 0 Å². The molecule has 1 amide bonds. The topological polar surface area (TPSA) is 96.5 Å². The van der Waals surface area contributed by atoms with Crippen LogP contribution in [0.4, 0.5) is 0 Å². The van der Waals surface area contributed by atoms with Crippen molar-refractivity contribution in [3.63, 3.8) is 0 Å². The molecule has 1 atom stereocenters. The van der Waals surface area contributed by atoms with Crippen molar-refractivity contribution in [3.05, 3.63) is 66.2 Å². The van der Waals surface area contributed by atoms with Crippen molar-refractivity contribution in [1.29, 1.82) is 5.26 Å². The second kappa shape index (κ2) is 7.36. The van der Waals surface area contributed by atoms with Crippen LogP contribution >= 0.6 is 0 Å². The highest BCUT2D eigenvalue weighted by Gasteiger charge is 2.26. The minimum Gasteiger partial charge on any atom is -0.350 e. The molecule has 3 rings (SSSR count). The van der Waals surface area contributed by atoms with Gasteiger partial charge in [0.1, 0.15) is 0 Å². The molecule has 0 saturated heterocycles. The zero-order valence-electron chi connectivity index (χ0n) is 13.6. The number of hydrogen-bond donors (Lipinski definition) is 1. The first kappa shape index (κ1) is 16.3. The van der Waals surface area contributed by atoms with Crippen LogP contribution < -0.4 is 5.32 Å². The molecule has 0 aliphatic carbocycles. The van der Waals surface area contributed by atoms with Crippen LogP contribution in [-0.4, -0.2) is 25.7 Å². The van der Waals surface area contributed by atoms with E-state index in [4.69, 9.17) is 0 Å². The molecule has 1 aromatic carbocycles. The molecular formula is C18H16N6O. The molecule has 124 valence electrons. The standard InChI is InChI=1S/C18H16N6O/c1-24-16(14-7-3-2-4-8-14)22-23-17(24)15(10-19)18(25)21-12-13-6-5-9-20-11-13/h2-9,11,15H,12H2,1H3,(H,21,25)/t15-/m0/s1. The summed E-state index contributed by atoms with van der Waals surface area (Å²) in [7, 11) is 1.75. The maximum absolute atomic E-state index is 12.4. The molecule has 1 N–H and O–H groups in total. The summed E-state index contributed by atoms with van der Waals surface area (Å²) in [6.45, 7) is 0.300. The second-order valence-corrected chi connectivity index (χ2v) is 5.45. The number of benzene rings is 1. The fourth-order valence-corrected chi connectivity index (χ4v) is 2.46. The van der Waals surface area contributed by atoms with E-state index in [2.05, 4.69) is 20.5 Å². The molecule has 0 spiro atoms. The predicted octanol–water partition coefficient (Wildman–Crippen LogP) is 1.80. The van der Waals surface area contributed by atoms with Gasteiger partial charge < -0.3 is 9.88 Å². The summed E-state index contributed by atoms with van der Waals surface area (Å²) in [5, 5.41) is 20.4. The van der Waals surface area contributed by atoms with Gasteiger partial charge in [0.05, 0.1) is 6.07 Å². The summed E-state index contributed by atoms with van der Waals surface area (Å²) < 4.78 is 1.67. The third kappa shape index (κ3) is 3.53. The average Bonchev–Trinajstić information content (AvgIpc) is 3.04. The second-order valence-electron chi connectivity index (χ2n) is 5.45. The van der Waals surface area contributed by atoms with Crippen LogP contribution in [-0.2, 0) is 18.4 Å². The van der Waals surface area contributed by atoms with Crippen molar-refractivity contribution < 1.29 is 4.79 Å². The Morgan fingerprint density at radius 3 is 2.72 bits per heavy atom. The van der Waals surface area contributed by atoms with E-state index in [1.54, 1.807) is 30.1 Å². The van der Waals surface area contributed by atoms with Crippen LogP contribution in [0.2, 0.25) is 0 Å². The lowest BCUT2D eigenvalue weighted by atomic mass is 10.1. The van der Waals surface area contributed by atoms with Crippen molar-refractivity contribution in [2.45, 2.75) is 12.5 Å². The molecule has 0 unspecified atom stereocenters. The number of nitrogens with one attached hydrogen (secondary N) is 1. The van der Waals surface area contributed by atoms with Gasteiger partial charge in [0.2, 0.25) is 5.91 Å². The van der Waals surface area contributed by atoms with Gasteiger partial charge in [-0.1, -0.05) is 36.4 Å². The number of hydrogen-bond acceptors (Lipinski definition) is 5. The normalized spacial score (nSPS) is 11.5. The first-order valence-corrected chi connectivity index (χ1v) is 7.71. The van der Waals surface area contributed by atoms with Gasteiger partial charge in [-0.3, -0.25) is 9.78 Å². The van der Waals surface area contributed by atoms with Gasteiger partial charge >= 0.3 is 0 Å². The van der Waals surface area contributed by atoms with Gasteiger partial charge in [0, 0.05) is 31.5 Å². The highest BCUT2D eigenvalue weighted by molar-refractivity contribution is 5.85. The van der Waals surface area contributed by atoms with Crippen LogP contribution in [0.3, 0.4) is 0 Å². The van der Waals surface area contributed by atoms with Crippen molar-refractivity contribution >= 4 is 5.91 Å². The molecular weight excluding hydrogens is 316 g/mol. The molecule has 25 heavy (non-hydrogen) atoms. The summed E-state index contributed by atoms with van der Waals surface area (Å²) in [6.07, 6.45) is 3.32. The SMILES string of the molecule is Cn1c(-c2ccccc2)nnc1[C@H](C#N)C(=O)NCc1cccnc1. The van der Waals surface area contributed by atoms with Gasteiger partial charge in [-0.15, -0.1) is 10.2 Å². The number of carbonyl (C=O) groups excluding carboxylic acids is 1. The molecule has 0 bridgehead atoms. The molecule has 3 aromatic rings. The molecule has 2 aromatic heterocycles. The summed E-state index contributed by atoms with van der Waals surface area (Å²) in [6, 6.07) is 15.1. The summed E-state index contributed by atoms with van der Waals surface area (Å²) in [5.41, 5.74) is 1.73. The third-order valence-corrected chi connectivity index (χ3v) is 3.78. The minimum absolute atomic E-state index is 0.300. The molecule has 7 nitrogen and oxygen atoms in total. The van der Waals surface area contributed by atoms with Crippen molar-refractivity contribution in [2.75, 3.05) is 0 Å². The maximum atomic E-state index is 12.4. The van der Waals surface area contributed by atoms with Gasteiger partial charge in [0.25, 0.3) is 0 Å². The number of nitrogens with zero attached hydrogens (tertiary/aromatic N) is 5. The third-order valence-electron chi connectivity index (χ3n) is 3.78. The van der Waals surface area contributed by atoms with Crippen molar-refractivity contribution in [1.82, 2.24) is 25.1 Å². The Morgan fingerprint density at radius 1 is 1.24 bits per heavy atom. The minimum atomic E-state index is -1.04. The van der Waals surface area contributed by atoms with Crippen LogP contribution in [0.1, 0.15) is 17.3 Å². The maximum Gasteiger partial charge on any atom is 0.245 e. The van der Waals surface area contributed by atoms with Crippen LogP contribution in [0, 0.1) is 11.3 Å². The molecule has 2 heterocycles. The van der Waals surface area contributed by atoms with Gasteiger partial charge in [-0.25, -0.2) is 0 Å². The Morgan fingerprint density at radius 2 is 2.04 bits per heavy atom. The number of nitriles is 1. The predicted molar refractivity (Wildman–Crippen MR) is 90.9 cm³/mol. The van der Waals surface area contributed by atoms with E-state index in [0.29, 0.717) is 18.2 Å². The van der Waals surface area contributed by atoms with E-state index >= 15 is 0 Å². The Kier molecular flexibility index (Phi) is 4.81. The van der Waals surface area contributed by atoms with Crippen LogP contribution in [0.25, 0.3) is 11.4 Å². The Labute approximate surface area is 145 Å². The Bertz CT molecular complexity index is 898. The van der Waals surface area contributed by atoms with E-state index in [1.165, 1.54) is 0 Å². The van der Waals surface area contributed by atoms with E-state index in [0.717, 1.165) is 11.1 Å². The number of pyridine rings is 1. The quantitative estimate of drug-likeness (QED) is 0.768. The van der Waals surface area contributed by atoms with Gasteiger partial charge in [0.15, 0.2) is 17.6 Å². The lowest BCUT2D eigenvalue weighted by Gasteiger charge is -2.10. The van der Waals surface area contributed by atoms with Crippen LogP contribution in [0.15, 0.2) is 54.9 Å². The first-order valence-electron chi connectivity index (χ1n) is 7.71. The lowest BCUT2D eigenvalue weighted by molar-refractivity contribution is -0.121. The number of aromatic nitrogens is 4. The molecule has 0 aliphatic rings. The molecule has 0 radical (unpaired) electrons. The van der Waals surface area contributed by atoms with Gasteiger partial charge in [-0.05, 0) is 11.6 Å².